The Morgan fingerprint density at radius 2 is 1.77 bits per heavy atom. The van der Waals surface area contributed by atoms with Crippen LogP contribution < -0.4 is 0 Å². The minimum absolute atomic E-state index is 0. The van der Waals surface area contributed by atoms with Crippen LogP contribution in [0.4, 0.5) is 5.69 Å². The van der Waals surface area contributed by atoms with Crippen molar-refractivity contribution in [1.82, 2.24) is 4.90 Å². The van der Waals surface area contributed by atoms with Gasteiger partial charge in [-0.3, -0.25) is 14.9 Å². The Morgan fingerprint density at radius 3 is 2.41 bits per heavy atom. The standard InChI is InChI=1S/C16H22N2O3.ClH/c19-16(14-7-6-8-15(13-14)18(20)21)9-12-17-10-4-2-1-3-5-11-17;/h6-8,13H,1-5,9-12H2;1H. The number of carbonyl (C=O) groups is 1. The first-order valence-corrected chi connectivity index (χ1v) is 7.67. The quantitative estimate of drug-likeness (QED) is 0.468. The van der Waals surface area contributed by atoms with Gasteiger partial charge in [0, 0.05) is 30.7 Å². The van der Waals surface area contributed by atoms with E-state index in [1.807, 2.05) is 0 Å². The maximum atomic E-state index is 12.2. The molecule has 5 nitrogen and oxygen atoms in total. The molecular formula is C16H23ClN2O3. The average Bonchev–Trinajstić information content (AvgIpc) is 2.46. The van der Waals surface area contributed by atoms with Crippen LogP contribution in [0.2, 0.25) is 0 Å². The molecule has 0 N–H and O–H groups in total. The number of ketones is 1. The predicted molar refractivity (Wildman–Crippen MR) is 88.8 cm³/mol. The van der Waals surface area contributed by atoms with Crippen molar-refractivity contribution < 1.29 is 9.72 Å². The third-order valence-corrected chi connectivity index (χ3v) is 3.98. The highest BCUT2D eigenvalue weighted by Crippen LogP contribution is 2.15. The molecule has 0 radical (unpaired) electrons. The molecule has 0 unspecified atom stereocenters. The van der Waals surface area contributed by atoms with Gasteiger partial charge in [0.2, 0.25) is 0 Å². The second-order valence-electron chi connectivity index (χ2n) is 5.59. The molecule has 1 saturated heterocycles. The van der Waals surface area contributed by atoms with Crippen molar-refractivity contribution >= 4 is 23.9 Å². The zero-order valence-electron chi connectivity index (χ0n) is 12.7. The molecule has 0 aliphatic carbocycles. The third-order valence-electron chi connectivity index (χ3n) is 3.98. The van der Waals surface area contributed by atoms with Crippen molar-refractivity contribution in [2.45, 2.75) is 38.5 Å². The van der Waals surface area contributed by atoms with Gasteiger partial charge in [0.05, 0.1) is 4.92 Å². The molecule has 122 valence electrons. The van der Waals surface area contributed by atoms with Crippen molar-refractivity contribution in [1.29, 1.82) is 0 Å². The number of benzene rings is 1. The van der Waals surface area contributed by atoms with Crippen LogP contribution in [-0.2, 0) is 0 Å². The van der Waals surface area contributed by atoms with E-state index in [2.05, 4.69) is 4.90 Å². The maximum absolute atomic E-state index is 12.2. The average molecular weight is 327 g/mol. The Morgan fingerprint density at radius 1 is 1.14 bits per heavy atom. The number of Topliss-reactive ketones (excluding diaryl/α,β-unsaturated/α-hetero) is 1. The number of halogens is 1. The molecule has 0 atom stereocenters. The SMILES string of the molecule is Cl.O=C(CCN1CCCCCCC1)c1cccc([N+](=O)[O-])c1. The monoisotopic (exact) mass is 326 g/mol. The van der Waals surface area contributed by atoms with Gasteiger partial charge in [0.15, 0.2) is 5.78 Å². The molecule has 0 aromatic heterocycles. The highest BCUT2D eigenvalue weighted by atomic mass is 35.5. The number of hydrogen-bond acceptors (Lipinski definition) is 4. The van der Waals surface area contributed by atoms with E-state index in [9.17, 15) is 14.9 Å². The summed E-state index contributed by atoms with van der Waals surface area (Å²) in [6.07, 6.45) is 6.70. The van der Waals surface area contributed by atoms with Crippen molar-refractivity contribution in [3.05, 3.63) is 39.9 Å². The van der Waals surface area contributed by atoms with Crippen LogP contribution >= 0.6 is 12.4 Å². The van der Waals surface area contributed by atoms with E-state index in [4.69, 9.17) is 0 Å². The Labute approximate surface area is 137 Å². The number of carbonyl (C=O) groups excluding carboxylic acids is 1. The Kier molecular flexibility index (Phi) is 8.06. The number of rotatable bonds is 5. The number of nitro benzene ring substituents is 1. The zero-order chi connectivity index (χ0) is 15.1. The van der Waals surface area contributed by atoms with Gasteiger partial charge >= 0.3 is 0 Å². The summed E-state index contributed by atoms with van der Waals surface area (Å²) >= 11 is 0. The summed E-state index contributed by atoms with van der Waals surface area (Å²) in [4.78, 5) is 24.8. The lowest BCUT2D eigenvalue weighted by molar-refractivity contribution is -0.384. The predicted octanol–water partition coefficient (Wildman–Crippen LogP) is 3.86. The summed E-state index contributed by atoms with van der Waals surface area (Å²) in [5, 5.41) is 10.7. The van der Waals surface area contributed by atoms with Crippen molar-refractivity contribution in [2.24, 2.45) is 0 Å². The smallest absolute Gasteiger partial charge is 0.270 e. The summed E-state index contributed by atoms with van der Waals surface area (Å²) in [7, 11) is 0. The van der Waals surface area contributed by atoms with E-state index in [0.29, 0.717) is 12.0 Å². The summed E-state index contributed by atoms with van der Waals surface area (Å²) in [5.41, 5.74) is 0.420. The van der Waals surface area contributed by atoms with Crippen LogP contribution in [0.1, 0.15) is 48.9 Å². The summed E-state index contributed by atoms with van der Waals surface area (Å²) < 4.78 is 0. The first-order valence-electron chi connectivity index (χ1n) is 7.67. The van der Waals surface area contributed by atoms with Gasteiger partial charge in [-0.2, -0.15) is 0 Å². The highest BCUT2D eigenvalue weighted by molar-refractivity contribution is 5.96. The molecule has 0 amide bonds. The number of non-ortho nitro benzene ring substituents is 1. The fourth-order valence-corrected chi connectivity index (χ4v) is 2.73. The van der Waals surface area contributed by atoms with Crippen molar-refractivity contribution in [2.75, 3.05) is 19.6 Å². The van der Waals surface area contributed by atoms with Crippen LogP contribution in [0.15, 0.2) is 24.3 Å². The fraction of sp³-hybridized carbons (Fsp3) is 0.562. The maximum Gasteiger partial charge on any atom is 0.270 e. The molecule has 0 bridgehead atoms. The minimum atomic E-state index is -0.463. The van der Waals surface area contributed by atoms with Gasteiger partial charge in [-0.1, -0.05) is 31.4 Å². The molecular weight excluding hydrogens is 304 g/mol. The van der Waals surface area contributed by atoms with E-state index in [1.54, 1.807) is 12.1 Å². The molecule has 0 spiro atoms. The summed E-state index contributed by atoms with van der Waals surface area (Å²) in [5.74, 6) is -0.0132. The topological polar surface area (TPSA) is 63.5 Å². The molecule has 0 saturated carbocycles. The van der Waals surface area contributed by atoms with Crippen LogP contribution in [0, 0.1) is 10.1 Å². The number of likely N-dealkylation sites (tertiary alicyclic amines) is 1. The van der Waals surface area contributed by atoms with E-state index in [1.165, 1.54) is 44.2 Å². The Balaban J connectivity index is 0.00000242. The molecule has 1 heterocycles. The van der Waals surface area contributed by atoms with Gasteiger partial charge in [0.1, 0.15) is 0 Å². The van der Waals surface area contributed by atoms with Crippen molar-refractivity contribution in [3.8, 4) is 0 Å². The molecule has 1 aliphatic rings. The molecule has 2 rings (SSSR count). The van der Waals surface area contributed by atoms with Gasteiger partial charge in [-0.25, -0.2) is 0 Å². The van der Waals surface area contributed by atoms with E-state index in [0.717, 1.165) is 19.6 Å². The normalized spacial score (nSPS) is 16.2. The van der Waals surface area contributed by atoms with E-state index in [-0.39, 0.29) is 23.9 Å². The number of nitro groups is 1. The Hall–Kier alpha value is -1.46. The summed E-state index contributed by atoms with van der Waals surface area (Å²) in [6.45, 7) is 2.87. The fourth-order valence-electron chi connectivity index (χ4n) is 2.73. The van der Waals surface area contributed by atoms with Crippen LogP contribution in [0.3, 0.4) is 0 Å². The van der Waals surface area contributed by atoms with Gasteiger partial charge < -0.3 is 4.90 Å². The third kappa shape index (κ3) is 5.73. The molecule has 6 heteroatoms. The van der Waals surface area contributed by atoms with Crippen LogP contribution in [0.25, 0.3) is 0 Å². The number of hydrogen-bond donors (Lipinski definition) is 0. The van der Waals surface area contributed by atoms with Crippen LogP contribution in [-0.4, -0.2) is 35.2 Å². The molecule has 22 heavy (non-hydrogen) atoms. The summed E-state index contributed by atoms with van der Waals surface area (Å²) in [6, 6.07) is 6.01. The molecule has 1 aromatic rings. The highest BCUT2D eigenvalue weighted by Gasteiger charge is 2.14. The lowest BCUT2D eigenvalue weighted by Gasteiger charge is -2.24. The lowest BCUT2D eigenvalue weighted by atomic mass is 10.1. The minimum Gasteiger partial charge on any atom is -0.303 e. The van der Waals surface area contributed by atoms with E-state index >= 15 is 0 Å². The lowest BCUT2D eigenvalue weighted by Crippen LogP contribution is -2.29. The second kappa shape index (κ2) is 9.54. The van der Waals surface area contributed by atoms with Gasteiger partial charge in [-0.15, -0.1) is 12.4 Å². The van der Waals surface area contributed by atoms with Gasteiger partial charge in [0.25, 0.3) is 5.69 Å². The molecule has 1 aliphatic heterocycles. The largest absolute Gasteiger partial charge is 0.303 e. The van der Waals surface area contributed by atoms with Crippen LogP contribution in [0.5, 0.6) is 0 Å². The first-order chi connectivity index (χ1) is 10.2. The number of nitrogens with zero attached hydrogens (tertiary/aromatic N) is 2. The zero-order valence-corrected chi connectivity index (χ0v) is 13.5. The molecule has 1 fully saturated rings. The Bertz CT molecular complexity index is 500. The first kappa shape index (κ1) is 18.6. The molecule has 1 aromatic carbocycles. The van der Waals surface area contributed by atoms with E-state index < -0.39 is 4.92 Å². The van der Waals surface area contributed by atoms with Gasteiger partial charge in [-0.05, 0) is 25.9 Å². The van der Waals surface area contributed by atoms with Crippen molar-refractivity contribution in [3.63, 3.8) is 0 Å². The second-order valence-corrected chi connectivity index (χ2v) is 5.59.